The van der Waals surface area contributed by atoms with Crippen LogP contribution in [0, 0.1) is 0 Å². The highest BCUT2D eigenvalue weighted by Gasteiger charge is 1.92. The Balaban J connectivity index is -0.0000000199. The van der Waals surface area contributed by atoms with E-state index in [1.54, 1.807) is 0 Å². The SMILES string of the molecule is O=P([O-])([O-])O.O=P([O-])([O-])OP(=O)([O-])[O-].[NH4+].[NH4+].[NH4+].[NH4+].[NH4+].[NH4+]. The van der Waals surface area contributed by atoms with Crippen LogP contribution in [-0.4, -0.2) is 4.89 Å². The summed E-state index contributed by atoms with van der Waals surface area (Å²) >= 11 is 0. The molecule has 0 aromatic heterocycles. The third kappa shape index (κ3) is 142. The van der Waals surface area contributed by atoms with Gasteiger partial charge in [0.25, 0.3) is 0 Å². The van der Waals surface area contributed by atoms with Crippen LogP contribution in [0.2, 0.25) is 0 Å². The molecule has 136 valence electrons. The van der Waals surface area contributed by atoms with Crippen molar-refractivity contribution in [3.63, 3.8) is 0 Å². The number of quaternary nitrogens is 6. The number of rotatable bonds is 2. The Morgan fingerprint density at radius 2 is 0.700 bits per heavy atom. The van der Waals surface area contributed by atoms with E-state index in [0.29, 0.717) is 0 Å². The lowest BCUT2D eigenvalue weighted by atomic mass is 14.0. The van der Waals surface area contributed by atoms with Gasteiger partial charge in [0.2, 0.25) is 0 Å². The van der Waals surface area contributed by atoms with E-state index in [4.69, 9.17) is 19.2 Å². The molecule has 0 fully saturated rings. The Morgan fingerprint density at radius 1 is 0.600 bits per heavy atom. The molecule has 17 nitrogen and oxygen atoms in total. The van der Waals surface area contributed by atoms with Gasteiger partial charge in [0.05, 0.1) is 23.5 Å². The van der Waals surface area contributed by atoms with E-state index in [0.717, 1.165) is 0 Å². The summed E-state index contributed by atoms with van der Waals surface area (Å²) in [4.78, 5) is 61.6. The zero-order chi connectivity index (χ0) is 12.2. The zero-order valence-electron chi connectivity index (χ0n) is 11.9. The fraction of sp³-hybridized carbons (Fsp3) is 0. The second-order valence-corrected chi connectivity index (χ2v) is 4.82. The quantitative estimate of drug-likeness (QED) is 0.233. The molecule has 0 unspecified atom stereocenters. The minimum absolute atomic E-state index is 0. The standard InChI is InChI=1S/6H3N.H4O7P2.H3O4P/c;;;;;;1-8(2,3)7-9(4,5)6;1-5(2,3)4/h6*1H3;(H2,1,2,3)(H2,4,5,6);(H3,1,2,3,4). The molecule has 0 aliphatic heterocycles. The Hall–Kier alpha value is 0.130. The Morgan fingerprint density at radius 3 is 0.700 bits per heavy atom. The van der Waals surface area contributed by atoms with Gasteiger partial charge in [-0.3, -0.25) is 0 Å². The van der Waals surface area contributed by atoms with E-state index in [9.17, 15) is 28.7 Å². The van der Waals surface area contributed by atoms with Crippen LogP contribution in [0.3, 0.4) is 0 Å². The van der Waals surface area contributed by atoms with Gasteiger partial charge in [0, 0.05) is 0 Å². The van der Waals surface area contributed by atoms with E-state index in [1.807, 2.05) is 0 Å². The minimum atomic E-state index is -5.68. The van der Waals surface area contributed by atoms with Gasteiger partial charge in [0.15, 0.2) is 0 Å². The normalized spacial score (nSPS) is 9.15. The maximum Gasteiger partial charge on any atom is 0.0655 e. The molecule has 0 aliphatic rings. The van der Waals surface area contributed by atoms with E-state index in [1.165, 1.54) is 0 Å². The van der Waals surface area contributed by atoms with Crippen LogP contribution in [0.4, 0.5) is 0 Å². The average molecular weight is 378 g/mol. The van der Waals surface area contributed by atoms with Crippen molar-refractivity contribution in [1.29, 1.82) is 0 Å². The summed E-state index contributed by atoms with van der Waals surface area (Å²) in [5, 5.41) is 0. The molecule has 0 saturated carbocycles. The molecule has 0 rings (SSSR count). The first kappa shape index (κ1) is 50.1. The van der Waals surface area contributed by atoms with Crippen molar-refractivity contribution in [3.8, 4) is 0 Å². The molecule has 0 aromatic carbocycles. The molecule has 0 bridgehead atoms. The maximum atomic E-state index is 9.32. The molecule has 20 heavy (non-hydrogen) atoms. The summed E-state index contributed by atoms with van der Waals surface area (Å²) in [6, 6.07) is 0. The summed E-state index contributed by atoms with van der Waals surface area (Å²) in [7, 11) is -16.5. The summed E-state index contributed by atoms with van der Waals surface area (Å²) in [6.07, 6.45) is 0. The Bertz CT molecular complexity index is 271. The van der Waals surface area contributed by atoms with Crippen LogP contribution >= 0.6 is 23.5 Å². The van der Waals surface area contributed by atoms with Crippen LogP contribution in [0.15, 0.2) is 0 Å². The van der Waals surface area contributed by atoms with Gasteiger partial charge in [-0.1, -0.05) is 0 Å². The van der Waals surface area contributed by atoms with Crippen molar-refractivity contribution < 1.29 is 52.3 Å². The van der Waals surface area contributed by atoms with Crippen LogP contribution < -0.4 is 66.3 Å². The van der Waals surface area contributed by atoms with Crippen molar-refractivity contribution in [2.75, 3.05) is 0 Å². The molecule has 0 radical (unpaired) electrons. The van der Waals surface area contributed by atoms with Gasteiger partial charge in [-0.25, -0.2) is 0 Å². The van der Waals surface area contributed by atoms with Gasteiger partial charge in [-0.15, -0.1) is 0 Å². The molecule has 0 heterocycles. The highest BCUT2D eigenvalue weighted by Crippen LogP contribution is 2.42. The van der Waals surface area contributed by atoms with Crippen molar-refractivity contribution >= 4 is 23.5 Å². The first-order valence-corrected chi connectivity index (χ1v) is 6.62. The van der Waals surface area contributed by atoms with E-state index >= 15 is 0 Å². The van der Waals surface area contributed by atoms with Gasteiger partial charge >= 0.3 is 0 Å². The molecule has 25 N–H and O–H groups in total. The highest BCUT2D eigenvalue weighted by atomic mass is 31.3. The smallest absolute Gasteiger partial charge is 0.0655 e. The predicted molar refractivity (Wildman–Crippen MR) is 62.0 cm³/mol. The number of hydrogen-bond acceptors (Lipinski definition) is 10. The molecule has 0 aromatic rings. The van der Waals surface area contributed by atoms with Crippen molar-refractivity contribution in [1.82, 2.24) is 36.9 Å². The molecule has 0 aliphatic carbocycles. The lowest BCUT2D eigenvalue weighted by molar-refractivity contribution is -0.364. The topological polar surface area (TPSA) is 438 Å². The fourth-order valence-electron chi connectivity index (χ4n) is 0.122. The van der Waals surface area contributed by atoms with Crippen molar-refractivity contribution in [3.05, 3.63) is 0 Å². The van der Waals surface area contributed by atoms with Crippen LogP contribution in [0.1, 0.15) is 0 Å². The molecule has 0 atom stereocenters. The molecular formula is H25N6O11P3. The van der Waals surface area contributed by atoms with Gasteiger partial charge in [-0.2, -0.15) is 0 Å². The lowest BCUT2D eigenvalue weighted by Gasteiger charge is -2.39. The monoisotopic (exact) mass is 378 g/mol. The summed E-state index contributed by atoms with van der Waals surface area (Å²) in [5.74, 6) is 0. The summed E-state index contributed by atoms with van der Waals surface area (Å²) in [5.41, 5.74) is 0. The largest absolute Gasteiger partial charge is 0.790 e. The minimum Gasteiger partial charge on any atom is -0.790 e. The summed E-state index contributed by atoms with van der Waals surface area (Å²) < 4.78 is 29.8. The van der Waals surface area contributed by atoms with Gasteiger partial charge in [-0.05, 0) is 0 Å². The number of hydrogen-bond donors (Lipinski definition) is 7. The molecule has 0 saturated heterocycles. The average Bonchev–Trinajstić information content (AvgIpc) is 1.42. The zero-order valence-corrected chi connectivity index (χ0v) is 14.6. The molecule has 0 amide bonds. The Kier molecular flexibility index (Phi) is 43.0. The molecular weight excluding hydrogens is 353 g/mol. The molecule has 20 heteroatoms. The first-order chi connectivity index (χ1) is 5.71. The second kappa shape index (κ2) is 17.2. The van der Waals surface area contributed by atoms with Gasteiger partial charge in [0.1, 0.15) is 0 Å². The highest BCUT2D eigenvalue weighted by molar-refractivity contribution is 7.57. The maximum absolute atomic E-state index is 9.32. The Labute approximate surface area is 114 Å². The van der Waals surface area contributed by atoms with E-state index < -0.39 is 23.5 Å². The van der Waals surface area contributed by atoms with Crippen molar-refractivity contribution in [2.24, 2.45) is 0 Å². The van der Waals surface area contributed by atoms with Crippen LogP contribution in [0.5, 0.6) is 0 Å². The third-order valence-electron chi connectivity index (χ3n) is 0.200. The van der Waals surface area contributed by atoms with Crippen LogP contribution in [0.25, 0.3) is 0 Å². The second-order valence-electron chi connectivity index (χ2n) is 1.44. The number of phosphoric acid groups is 3. The van der Waals surface area contributed by atoms with Crippen molar-refractivity contribution in [2.45, 2.75) is 0 Å². The first-order valence-electron chi connectivity index (χ1n) is 2.21. The fourth-order valence-corrected chi connectivity index (χ4v) is 1.10. The van der Waals surface area contributed by atoms with E-state index in [2.05, 4.69) is 4.31 Å². The van der Waals surface area contributed by atoms with Gasteiger partial charge < -0.3 is 89.2 Å². The predicted octanol–water partition coefficient (Wildman–Crippen LogP) is -3.28. The van der Waals surface area contributed by atoms with Crippen LogP contribution in [-0.2, 0) is 18.0 Å². The molecule has 0 spiro atoms. The van der Waals surface area contributed by atoms with E-state index in [-0.39, 0.29) is 36.9 Å². The lowest BCUT2D eigenvalue weighted by Crippen LogP contribution is -2.23. The third-order valence-corrected chi connectivity index (χ3v) is 1.80. The summed E-state index contributed by atoms with van der Waals surface area (Å²) in [6.45, 7) is 0.